The highest BCUT2D eigenvalue weighted by Gasteiger charge is 2.24. The van der Waals surface area contributed by atoms with Gasteiger partial charge >= 0.3 is 6.03 Å². The summed E-state index contributed by atoms with van der Waals surface area (Å²) in [7, 11) is 0. The molecule has 0 unspecified atom stereocenters. The van der Waals surface area contributed by atoms with Crippen molar-refractivity contribution < 1.29 is 9.18 Å². The van der Waals surface area contributed by atoms with Gasteiger partial charge in [0.1, 0.15) is 5.82 Å². The van der Waals surface area contributed by atoms with Crippen LogP contribution < -0.4 is 5.32 Å². The lowest BCUT2D eigenvalue weighted by atomic mass is 10.1. The van der Waals surface area contributed by atoms with Gasteiger partial charge in [-0.05, 0) is 42.3 Å². The van der Waals surface area contributed by atoms with Crippen molar-refractivity contribution in [3.05, 3.63) is 71.8 Å². The zero-order chi connectivity index (χ0) is 18.1. The molecule has 3 aromatic rings. The predicted octanol–water partition coefficient (Wildman–Crippen LogP) is 4.05. The molecule has 2 aromatic carbocycles. The number of halogens is 1. The fourth-order valence-corrected chi connectivity index (χ4v) is 3.21. The van der Waals surface area contributed by atoms with Crippen molar-refractivity contribution in [2.45, 2.75) is 20.0 Å². The van der Waals surface area contributed by atoms with Crippen molar-refractivity contribution in [2.75, 3.05) is 11.9 Å². The number of amides is 2. The zero-order valence-electron chi connectivity index (χ0n) is 14.4. The molecule has 0 aliphatic carbocycles. The third-order valence-corrected chi connectivity index (χ3v) is 4.58. The Balaban J connectivity index is 1.54. The Bertz CT molecular complexity index is 949. The van der Waals surface area contributed by atoms with Crippen molar-refractivity contribution >= 4 is 11.7 Å². The monoisotopic (exact) mass is 350 g/mol. The van der Waals surface area contributed by atoms with Crippen LogP contribution >= 0.6 is 0 Å². The summed E-state index contributed by atoms with van der Waals surface area (Å²) in [5.74, 6) is -0.269. The summed E-state index contributed by atoms with van der Waals surface area (Å²) in [6, 6.07) is 13.9. The van der Waals surface area contributed by atoms with E-state index in [1.807, 2.05) is 35.9 Å². The fraction of sp³-hybridized carbons (Fsp3) is 0.200. The highest BCUT2D eigenvalue weighted by molar-refractivity contribution is 5.89. The second-order valence-electron chi connectivity index (χ2n) is 6.46. The van der Waals surface area contributed by atoms with Crippen LogP contribution in [0.15, 0.2) is 54.7 Å². The molecule has 132 valence electrons. The number of carbonyl (C=O) groups excluding carboxylic acids is 1. The van der Waals surface area contributed by atoms with Gasteiger partial charge in [-0.15, -0.1) is 0 Å². The molecule has 1 aromatic heterocycles. The Kier molecular flexibility index (Phi) is 4.16. The Morgan fingerprint density at radius 3 is 2.73 bits per heavy atom. The highest BCUT2D eigenvalue weighted by Crippen LogP contribution is 2.27. The number of rotatable bonds is 2. The average Bonchev–Trinajstić information content (AvgIpc) is 3.05. The number of carbonyl (C=O) groups is 1. The molecule has 0 saturated carbocycles. The quantitative estimate of drug-likeness (QED) is 0.758. The summed E-state index contributed by atoms with van der Waals surface area (Å²) in [5.41, 5.74) is 4.67. The summed E-state index contributed by atoms with van der Waals surface area (Å²) in [6.07, 6.45) is 1.78. The number of aryl methyl sites for hydroxylation is 1. The van der Waals surface area contributed by atoms with Gasteiger partial charge in [-0.2, -0.15) is 5.10 Å². The number of nitrogens with one attached hydrogen (secondary N) is 1. The molecular formula is C20H19FN4O. The maximum absolute atomic E-state index is 13.2. The molecule has 0 spiro atoms. The number of urea groups is 1. The van der Waals surface area contributed by atoms with Crippen LogP contribution in [0.2, 0.25) is 0 Å². The second kappa shape index (κ2) is 6.63. The maximum atomic E-state index is 13.2. The first-order valence-electron chi connectivity index (χ1n) is 8.53. The first-order chi connectivity index (χ1) is 12.6. The van der Waals surface area contributed by atoms with E-state index >= 15 is 0 Å². The minimum Gasteiger partial charge on any atom is -0.317 e. The van der Waals surface area contributed by atoms with E-state index in [0.717, 1.165) is 28.1 Å². The van der Waals surface area contributed by atoms with E-state index in [-0.39, 0.29) is 11.8 Å². The third-order valence-electron chi connectivity index (χ3n) is 4.58. The lowest BCUT2D eigenvalue weighted by Gasteiger charge is -2.28. The van der Waals surface area contributed by atoms with Crippen LogP contribution in [0.1, 0.15) is 11.3 Å². The molecule has 1 N–H and O–H groups in total. The zero-order valence-corrected chi connectivity index (χ0v) is 14.4. The van der Waals surface area contributed by atoms with E-state index < -0.39 is 0 Å². The van der Waals surface area contributed by atoms with Crippen LogP contribution in [0, 0.1) is 12.7 Å². The molecule has 1 aliphatic rings. The fourth-order valence-electron chi connectivity index (χ4n) is 3.21. The number of benzene rings is 2. The van der Waals surface area contributed by atoms with Gasteiger partial charge in [-0.3, -0.25) is 4.68 Å². The molecule has 0 saturated heterocycles. The summed E-state index contributed by atoms with van der Waals surface area (Å²) in [5, 5.41) is 7.36. The molecule has 0 radical (unpaired) electrons. The number of aromatic nitrogens is 2. The molecule has 0 fully saturated rings. The van der Waals surface area contributed by atoms with Gasteiger partial charge in [0, 0.05) is 17.8 Å². The molecule has 26 heavy (non-hydrogen) atoms. The van der Waals surface area contributed by atoms with Gasteiger partial charge in [0.25, 0.3) is 0 Å². The number of anilines is 1. The molecular weight excluding hydrogens is 331 g/mol. The summed E-state index contributed by atoms with van der Waals surface area (Å²) in [4.78, 5) is 14.4. The SMILES string of the molecule is Cc1cccc(NC(=O)N2CCn3ncc(-c4ccc(F)cc4)c3C2)c1. The van der Waals surface area contributed by atoms with Gasteiger partial charge in [-0.25, -0.2) is 9.18 Å². The molecule has 6 heteroatoms. The number of fused-ring (bicyclic) bond motifs is 1. The smallest absolute Gasteiger partial charge is 0.317 e. The highest BCUT2D eigenvalue weighted by atomic mass is 19.1. The lowest BCUT2D eigenvalue weighted by Crippen LogP contribution is -2.41. The Hall–Kier alpha value is -3.15. The topological polar surface area (TPSA) is 50.2 Å². The minimum atomic E-state index is -0.269. The van der Waals surface area contributed by atoms with Gasteiger partial charge in [-0.1, -0.05) is 24.3 Å². The van der Waals surface area contributed by atoms with Crippen LogP contribution in [-0.2, 0) is 13.1 Å². The van der Waals surface area contributed by atoms with Crippen LogP contribution in [-0.4, -0.2) is 27.3 Å². The Morgan fingerprint density at radius 1 is 1.15 bits per heavy atom. The normalized spacial score (nSPS) is 13.4. The number of hydrogen-bond donors (Lipinski definition) is 1. The van der Waals surface area contributed by atoms with E-state index in [2.05, 4.69) is 10.4 Å². The summed E-state index contributed by atoms with van der Waals surface area (Å²) < 4.78 is 15.1. The molecule has 2 amide bonds. The van der Waals surface area contributed by atoms with E-state index in [1.165, 1.54) is 12.1 Å². The average molecular weight is 350 g/mol. The minimum absolute atomic E-state index is 0.131. The van der Waals surface area contributed by atoms with Crippen molar-refractivity contribution in [3.63, 3.8) is 0 Å². The number of nitrogens with zero attached hydrogens (tertiary/aromatic N) is 3. The molecule has 2 heterocycles. The first-order valence-corrected chi connectivity index (χ1v) is 8.53. The van der Waals surface area contributed by atoms with Crippen molar-refractivity contribution in [1.29, 1.82) is 0 Å². The van der Waals surface area contributed by atoms with E-state index in [4.69, 9.17) is 0 Å². The molecule has 1 aliphatic heterocycles. The van der Waals surface area contributed by atoms with Crippen LogP contribution in [0.5, 0.6) is 0 Å². The Labute approximate surface area is 151 Å². The van der Waals surface area contributed by atoms with Gasteiger partial charge in [0.15, 0.2) is 0 Å². The van der Waals surface area contributed by atoms with Crippen LogP contribution in [0.25, 0.3) is 11.1 Å². The maximum Gasteiger partial charge on any atom is 0.322 e. The van der Waals surface area contributed by atoms with Crippen LogP contribution in [0.3, 0.4) is 0 Å². The van der Waals surface area contributed by atoms with Crippen molar-refractivity contribution in [1.82, 2.24) is 14.7 Å². The standard InChI is InChI=1S/C20H19FN4O/c1-14-3-2-4-17(11-14)23-20(26)24-9-10-25-19(13-24)18(12-22-25)15-5-7-16(21)8-6-15/h2-8,11-12H,9-10,13H2,1H3,(H,23,26). The molecule has 0 bridgehead atoms. The molecule has 5 nitrogen and oxygen atoms in total. The van der Waals surface area contributed by atoms with E-state index in [9.17, 15) is 9.18 Å². The van der Waals surface area contributed by atoms with Gasteiger partial charge in [0.05, 0.1) is 25.0 Å². The van der Waals surface area contributed by atoms with Gasteiger partial charge in [0.2, 0.25) is 0 Å². The summed E-state index contributed by atoms with van der Waals surface area (Å²) >= 11 is 0. The Morgan fingerprint density at radius 2 is 1.96 bits per heavy atom. The largest absolute Gasteiger partial charge is 0.322 e. The second-order valence-corrected chi connectivity index (χ2v) is 6.46. The molecule has 4 rings (SSSR count). The van der Waals surface area contributed by atoms with E-state index in [1.54, 1.807) is 23.2 Å². The van der Waals surface area contributed by atoms with Crippen molar-refractivity contribution in [3.8, 4) is 11.1 Å². The van der Waals surface area contributed by atoms with Crippen LogP contribution in [0.4, 0.5) is 14.9 Å². The lowest BCUT2D eigenvalue weighted by molar-refractivity contribution is 0.194. The van der Waals surface area contributed by atoms with Gasteiger partial charge < -0.3 is 10.2 Å². The predicted molar refractivity (Wildman–Crippen MR) is 98.2 cm³/mol. The first kappa shape index (κ1) is 16.3. The summed E-state index contributed by atoms with van der Waals surface area (Å²) in [6.45, 7) is 3.68. The van der Waals surface area contributed by atoms with Crippen molar-refractivity contribution in [2.24, 2.45) is 0 Å². The third kappa shape index (κ3) is 3.18. The molecule has 0 atom stereocenters. The van der Waals surface area contributed by atoms with E-state index in [0.29, 0.717) is 19.6 Å². The number of hydrogen-bond acceptors (Lipinski definition) is 2.